The smallest absolute Gasteiger partial charge is 0.242 e. The molecule has 2 heterocycles. The van der Waals surface area contributed by atoms with Crippen molar-refractivity contribution in [2.24, 2.45) is 7.05 Å². The number of hydrogen-bond acceptors (Lipinski definition) is 6. The molecule has 1 aliphatic heterocycles. The van der Waals surface area contributed by atoms with Gasteiger partial charge in [-0.1, -0.05) is 0 Å². The average Bonchev–Trinajstić information content (AvgIpc) is 3.04. The van der Waals surface area contributed by atoms with Crippen LogP contribution in [0.15, 0.2) is 24.3 Å². The van der Waals surface area contributed by atoms with E-state index >= 15 is 0 Å². The fourth-order valence-corrected chi connectivity index (χ4v) is 3.35. The molecule has 3 rings (SSSR count). The zero-order valence-corrected chi connectivity index (χ0v) is 16.9. The van der Waals surface area contributed by atoms with E-state index in [1.807, 2.05) is 43.7 Å². The Morgan fingerprint density at radius 1 is 1.32 bits per heavy atom. The van der Waals surface area contributed by atoms with Gasteiger partial charge in [-0.05, 0) is 39.0 Å². The summed E-state index contributed by atoms with van der Waals surface area (Å²) in [5.74, 6) is 1.59. The first-order valence-corrected chi connectivity index (χ1v) is 9.52. The second-order valence-electron chi connectivity index (χ2n) is 7.20. The predicted molar refractivity (Wildman–Crippen MR) is 110 cm³/mol. The standard InChI is InChI=1S/C20H28N6O2/c1-5-25-8-9-26(12-19(25)27)18-11-17(23-24(18)4)20(22)15-10-14(28-13(2)3)6-7-16(15)21/h6-7,10-11,13,22H,5,8-9,12,21H2,1-4H3. The van der Waals surface area contributed by atoms with Gasteiger partial charge in [-0.15, -0.1) is 0 Å². The van der Waals surface area contributed by atoms with E-state index < -0.39 is 0 Å². The van der Waals surface area contributed by atoms with Gasteiger partial charge in [-0.3, -0.25) is 14.9 Å². The van der Waals surface area contributed by atoms with Gasteiger partial charge in [0.15, 0.2) is 0 Å². The molecule has 0 radical (unpaired) electrons. The summed E-state index contributed by atoms with van der Waals surface area (Å²) >= 11 is 0. The number of carbonyl (C=O) groups excluding carboxylic acids is 1. The van der Waals surface area contributed by atoms with Crippen LogP contribution in [0.3, 0.4) is 0 Å². The Morgan fingerprint density at radius 3 is 2.71 bits per heavy atom. The van der Waals surface area contributed by atoms with E-state index in [1.54, 1.807) is 22.9 Å². The molecule has 3 N–H and O–H groups in total. The van der Waals surface area contributed by atoms with Crippen molar-refractivity contribution in [2.75, 3.05) is 36.8 Å². The van der Waals surface area contributed by atoms with E-state index in [0.29, 0.717) is 35.8 Å². The first-order chi connectivity index (χ1) is 13.3. The number of nitrogens with two attached hydrogens (primary N) is 1. The molecule has 1 aromatic heterocycles. The Hall–Kier alpha value is -3.03. The Bertz CT molecular complexity index is 889. The van der Waals surface area contributed by atoms with Crippen molar-refractivity contribution in [1.29, 1.82) is 5.41 Å². The zero-order chi connectivity index (χ0) is 20.4. The molecule has 150 valence electrons. The molecule has 0 saturated carbocycles. The molecule has 1 aliphatic rings. The van der Waals surface area contributed by atoms with Gasteiger partial charge >= 0.3 is 0 Å². The van der Waals surface area contributed by atoms with E-state index in [0.717, 1.165) is 18.9 Å². The maximum absolute atomic E-state index is 12.2. The molecule has 1 amide bonds. The highest BCUT2D eigenvalue weighted by Crippen LogP contribution is 2.25. The molecule has 8 heteroatoms. The first kappa shape index (κ1) is 19.7. The number of nitrogens with zero attached hydrogens (tertiary/aromatic N) is 4. The quantitative estimate of drug-likeness (QED) is 0.585. The number of anilines is 2. The maximum Gasteiger partial charge on any atom is 0.242 e. The lowest BCUT2D eigenvalue weighted by molar-refractivity contribution is -0.130. The fraction of sp³-hybridized carbons (Fsp3) is 0.450. The van der Waals surface area contributed by atoms with E-state index in [-0.39, 0.29) is 17.7 Å². The van der Waals surface area contributed by atoms with Crippen LogP contribution in [0.2, 0.25) is 0 Å². The maximum atomic E-state index is 12.2. The highest BCUT2D eigenvalue weighted by Gasteiger charge is 2.26. The molecule has 1 saturated heterocycles. The summed E-state index contributed by atoms with van der Waals surface area (Å²) in [4.78, 5) is 16.1. The van der Waals surface area contributed by atoms with Gasteiger partial charge in [-0.25, -0.2) is 0 Å². The number of nitrogens with one attached hydrogen (secondary N) is 1. The van der Waals surface area contributed by atoms with E-state index in [2.05, 4.69) is 5.10 Å². The van der Waals surface area contributed by atoms with Crippen molar-refractivity contribution in [2.45, 2.75) is 26.9 Å². The third kappa shape index (κ3) is 3.95. The van der Waals surface area contributed by atoms with Crippen LogP contribution in [0.1, 0.15) is 32.0 Å². The van der Waals surface area contributed by atoms with Gasteiger partial charge in [0.1, 0.15) is 17.3 Å². The van der Waals surface area contributed by atoms with Crippen LogP contribution >= 0.6 is 0 Å². The SMILES string of the molecule is CCN1CCN(c2cc(C(=N)c3cc(OC(C)C)ccc3N)nn2C)CC1=O. The molecule has 0 unspecified atom stereocenters. The minimum absolute atomic E-state index is 0.0337. The van der Waals surface area contributed by atoms with Gasteiger partial charge in [0.2, 0.25) is 5.91 Å². The van der Waals surface area contributed by atoms with Crippen LogP contribution in [0.5, 0.6) is 5.75 Å². The van der Waals surface area contributed by atoms with Crippen molar-refractivity contribution >= 4 is 23.1 Å². The lowest BCUT2D eigenvalue weighted by Gasteiger charge is -2.34. The number of rotatable bonds is 6. The number of benzene rings is 1. The summed E-state index contributed by atoms with van der Waals surface area (Å²) in [5, 5.41) is 13.1. The van der Waals surface area contributed by atoms with Crippen LogP contribution in [0.25, 0.3) is 0 Å². The van der Waals surface area contributed by atoms with Gasteiger partial charge in [0.05, 0.1) is 18.4 Å². The molecule has 8 nitrogen and oxygen atoms in total. The number of piperazine rings is 1. The minimum atomic E-state index is 0.0337. The predicted octanol–water partition coefficient (Wildman–Crippen LogP) is 1.87. The summed E-state index contributed by atoms with van der Waals surface area (Å²) in [6, 6.07) is 7.16. The lowest BCUT2D eigenvalue weighted by atomic mass is 10.0. The number of aromatic nitrogens is 2. The van der Waals surface area contributed by atoms with Crippen LogP contribution in [0, 0.1) is 5.41 Å². The largest absolute Gasteiger partial charge is 0.491 e. The average molecular weight is 384 g/mol. The highest BCUT2D eigenvalue weighted by atomic mass is 16.5. The summed E-state index contributed by atoms with van der Waals surface area (Å²) < 4.78 is 7.44. The fourth-order valence-electron chi connectivity index (χ4n) is 3.35. The van der Waals surface area contributed by atoms with E-state index in [1.165, 1.54) is 0 Å². The summed E-state index contributed by atoms with van der Waals surface area (Å²) in [7, 11) is 1.82. The Kier molecular flexibility index (Phi) is 5.58. The van der Waals surface area contributed by atoms with Crippen molar-refractivity contribution < 1.29 is 9.53 Å². The molecule has 0 atom stereocenters. The van der Waals surface area contributed by atoms with Crippen LogP contribution in [0.4, 0.5) is 11.5 Å². The molecule has 1 aromatic carbocycles. The number of carbonyl (C=O) groups is 1. The lowest BCUT2D eigenvalue weighted by Crippen LogP contribution is -2.50. The minimum Gasteiger partial charge on any atom is -0.491 e. The molecule has 2 aromatic rings. The van der Waals surface area contributed by atoms with E-state index in [4.69, 9.17) is 15.9 Å². The molecule has 1 fully saturated rings. The highest BCUT2D eigenvalue weighted by molar-refractivity contribution is 6.13. The van der Waals surface area contributed by atoms with Crippen LogP contribution < -0.4 is 15.4 Å². The van der Waals surface area contributed by atoms with Crippen molar-refractivity contribution in [1.82, 2.24) is 14.7 Å². The Balaban J connectivity index is 1.85. The molecule has 0 aliphatic carbocycles. The van der Waals surface area contributed by atoms with Gasteiger partial charge in [-0.2, -0.15) is 5.10 Å². The number of ether oxygens (including phenoxy) is 1. The molecular weight excluding hydrogens is 356 g/mol. The zero-order valence-electron chi connectivity index (χ0n) is 16.9. The second kappa shape index (κ2) is 7.92. The van der Waals surface area contributed by atoms with Crippen LogP contribution in [-0.2, 0) is 11.8 Å². The molecule has 0 bridgehead atoms. The van der Waals surface area contributed by atoms with E-state index in [9.17, 15) is 4.79 Å². The first-order valence-electron chi connectivity index (χ1n) is 9.52. The molecule has 28 heavy (non-hydrogen) atoms. The topological polar surface area (TPSA) is 100 Å². The van der Waals surface area contributed by atoms with Crippen LogP contribution in [-0.4, -0.2) is 58.6 Å². The number of nitrogen functional groups attached to an aromatic ring is 1. The number of likely N-dealkylation sites (N-methyl/N-ethyl adjacent to an activating group) is 1. The summed E-state index contributed by atoms with van der Waals surface area (Å²) in [6.07, 6.45) is 0.0337. The number of aryl methyl sites for hydroxylation is 1. The van der Waals surface area contributed by atoms with Crippen molar-refractivity contribution in [3.8, 4) is 5.75 Å². The Morgan fingerprint density at radius 2 is 2.07 bits per heavy atom. The Labute approximate surface area is 165 Å². The molecule has 0 spiro atoms. The van der Waals surface area contributed by atoms with Gasteiger partial charge < -0.3 is 20.3 Å². The third-order valence-electron chi connectivity index (χ3n) is 4.80. The monoisotopic (exact) mass is 384 g/mol. The molecular formula is C20H28N6O2. The second-order valence-corrected chi connectivity index (χ2v) is 7.20. The normalized spacial score (nSPS) is 14.7. The number of amides is 1. The van der Waals surface area contributed by atoms with Crippen molar-refractivity contribution in [3.05, 3.63) is 35.5 Å². The summed E-state index contributed by atoms with van der Waals surface area (Å²) in [5.41, 5.74) is 7.92. The number of hydrogen-bond donors (Lipinski definition) is 2. The van der Waals surface area contributed by atoms with Gasteiger partial charge in [0.25, 0.3) is 0 Å². The summed E-state index contributed by atoms with van der Waals surface area (Å²) in [6.45, 7) is 8.36. The van der Waals surface area contributed by atoms with Gasteiger partial charge in [0, 0.05) is 44.0 Å². The third-order valence-corrected chi connectivity index (χ3v) is 4.80. The van der Waals surface area contributed by atoms with Crippen molar-refractivity contribution in [3.63, 3.8) is 0 Å².